The standard InChI is InChI=1S/C7H5Br3O2.C5H2Br2O2/c1-3(9)5-6(10)4(2-8)12-7(5)11;6-2-4-3(7)1-5(8)9-4/h2-3H,1H3;1-2H/b2*4-2-. The van der Waals surface area contributed by atoms with E-state index in [0.29, 0.717) is 26.1 Å². The van der Waals surface area contributed by atoms with Gasteiger partial charge in [0.1, 0.15) is 0 Å². The SMILES string of the molecule is CC(Br)C1=C(Br)/C(=C/Br)OC1=O.O=C1C=C(Br)/C(=C/Br)O1. The van der Waals surface area contributed by atoms with Gasteiger partial charge in [-0.15, -0.1) is 0 Å². The number of hydrogen-bond acceptors (Lipinski definition) is 4. The fraction of sp³-hybridized carbons (Fsp3) is 0.167. The van der Waals surface area contributed by atoms with Crippen LogP contribution in [0, 0.1) is 0 Å². The van der Waals surface area contributed by atoms with Crippen LogP contribution in [0.3, 0.4) is 0 Å². The Hall–Kier alpha value is 0.300. The summed E-state index contributed by atoms with van der Waals surface area (Å²) in [6.07, 6.45) is 1.37. The maximum Gasteiger partial charge on any atom is 0.341 e. The lowest BCUT2D eigenvalue weighted by molar-refractivity contribution is -0.133. The molecule has 0 amide bonds. The maximum absolute atomic E-state index is 11.2. The first kappa shape index (κ1) is 19.3. The second-order valence-electron chi connectivity index (χ2n) is 3.59. The van der Waals surface area contributed by atoms with E-state index in [9.17, 15) is 9.59 Å². The van der Waals surface area contributed by atoms with Crippen LogP contribution in [0.4, 0.5) is 0 Å². The van der Waals surface area contributed by atoms with Crippen molar-refractivity contribution in [1.82, 2.24) is 0 Å². The highest BCUT2D eigenvalue weighted by Gasteiger charge is 2.30. The molecule has 0 N–H and O–H groups in total. The fourth-order valence-corrected chi connectivity index (χ4v) is 4.35. The highest BCUT2D eigenvalue weighted by molar-refractivity contribution is 9.12. The van der Waals surface area contributed by atoms with Crippen LogP contribution in [0.25, 0.3) is 0 Å². The summed E-state index contributed by atoms with van der Waals surface area (Å²) >= 11 is 15.8. The van der Waals surface area contributed by atoms with Gasteiger partial charge in [0, 0.05) is 20.9 Å². The average Bonchev–Trinajstić information content (AvgIpc) is 2.88. The van der Waals surface area contributed by atoms with Crippen molar-refractivity contribution in [2.24, 2.45) is 0 Å². The molecule has 2 aliphatic rings. The first-order valence-corrected chi connectivity index (χ1v) is 9.61. The van der Waals surface area contributed by atoms with Crippen LogP contribution in [0.1, 0.15) is 6.92 Å². The Balaban J connectivity index is 0.000000219. The van der Waals surface area contributed by atoms with Crippen molar-refractivity contribution < 1.29 is 19.1 Å². The van der Waals surface area contributed by atoms with Gasteiger partial charge in [0.05, 0.1) is 14.5 Å². The zero-order valence-electron chi connectivity index (χ0n) is 10.3. The summed E-state index contributed by atoms with van der Waals surface area (Å²) in [5.74, 6) is 0.380. The summed E-state index contributed by atoms with van der Waals surface area (Å²) in [4.78, 5) is 24.7. The van der Waals surface area contributed by atoms with E-state index in [-0.39, 0.29) is 16.8 Å². The molecule has 9 heteroatoms. The third-order valence-corrected chi connectivity index (χ3v) is 4.89. The molecule has 114 valence electrons. The number of alkyl halides is 1. The molecule has 2 aliphatic heterocycles. The van der Waals surface area contributed by atoms with Gasteiger partial charge in [-0.3, -0.25) is 0 Å². The van der Waals surface area contributed by atoms with E-state index in [4.69, 9.17) is 4.74 Å². The summed E-state index contributed by atoms with van der Waals surface area (Å²) in [6, 6.07) is 0. The molecule has 0 aliphatic carbocycles. The largest absolute Gasteiger partial charge is 0.422 e. The van der Waals surface area contributed by atoms with Crippen LogP contribution in [-0.2, 0) is 19.1 Å². The van der Waals surface area contributed by atoms with Gasteiger partial charge in [0.25, 0.3) is 0 Å². The predicted octanol–water partition coefficient (Wildman–Crippen LogP) is 5.27. The van der Waals surface area contributed by atoms with Crippen LogP contribution < -0.4 is 0 Å². The van der Waals surface area contributed by atoms with E-state index < -0.39 is 0 Å². The number of cyclic esters (lactones) is 2. The molecule has 0 saturated carbocycles. The number of allylic oxidation sites excluding steroid dienone is 2. The molecule has 0 aromatic heterocycles. The Morgan fingerprint density at radius 1 is 1.10 bits per heavy atom. The van der Waals surface area contributed by atoms with E-state index in [1.165, 1.54) is 6.08 Å². The minimum absolute atomic E-state index is 0.00988. The van der Waals surface area contributed by atoms with E-state index in [0.717, 1.165) is 0 Å². The van der Waals surface area contributed by atoms with Crippen molar-refractivity contribution in [3.05, 3.63) is 42.1 Å². The fourth-order valence-electron chi connectivity index (χ4n) is 1.26. The van der Waals surface area contributed by atoms with E-state index in [1.54, 1.807) is 9.97 Å². The van der Waals surface area contributed by atoms with Crippen molar-refractivity contribution in [3.63, 3.8) is 0 Å². The highest BCUT2D eigenvalue weighted by atomic mass is 79.9. The molecular weight excluding hydrogens is 608 g/mol. The Morgan fingerprint density at radius 3 is 1.90 bits per heavy atom. The van der Waals surface area contributed by atoms with Crippen LogP contribution in [0.2, 0.25) is 0 Å². The quantitative estimate of drug-likeness (QED) is 0.299. The number of carbonyl (C=O) groups excluding carboxylic acids is 2. The number of halogens is 5. The summed E-state index contributed by atoms with van der Waals surface area (Å²) < 4.78 is 11.0. The molecule has 0 aromatic rings. The second kappa shape index (κ2) is 8.81. The van der Waals surface area contributed by atoms with E-state index in [1.807, 2.05) is 6.92 Å². The minimum Gasteiger partial charge on any atom is -0.422 e. The Labute approximate surface area is 163 Å². The molecule has 0 saturated heterocycles. The minimum atomic E-state index is -0.340. The number of carbonyl (C=O) groups is 2. The topological polar surface area (TPSA) is 52.6 Å². The molecule has 1 atom stereocenters. The van der Waals surface area contributed by atoms with Crippen molar-refractivity contribution in [3.8, 4) is 0 Å². The lowest BCUT2D eigenvalue weighted by atomic mass is 10.2. The van der Waals surface area contributed by atoms with Crippen LogP contribution in [0.5, 0.6) is 0 Å². The predicted molar refractivity (Wildman–Crippen MR) is 97.6 cm³/mol. The first-order valence-electron chi connectivity index (χ1n) is 5.28. The van der Waals surface area contributed by atoms with Crippen LogP contribution in [-0.4, -0.2) is 16.8 Å². The second-order valence-corrected chi connectivity index (χ2v) is 7.53. The van der Waals surface area contributed by atoms with Gasteiger partial charge in [-0.2, -0.15) is 0 Å². The Kier molecular flexibility index (Phi) is 8.11. The summed E-state index contributed by atoms with van der Waals surface area (Å²) in [6.45, 7) is 1.87. The van der Waals surface area contributed by atoms with Gasteiger partial charge in [0.2, 0.25) is 0 Å². The maximum atomic E-state index is 11.2. The monoisotopic (exact) mass is 610 g/mol. The van der Waals surface area contributed by atoms with E-state index in [2.05, 4.69) is 84.4 Å². The first-order chi connectivity index (χ1) is 9.81. The van der Waals surface area contributed by atoms with Crippen molar-refractivity contribution in [2.45, 2.75) is 11.8 Å². The molecule has 2 heterocycles. The Morgan fingerprint density at radius 2 is 1.67 bits per heavy atom. The number of ether oxygens (including phenoxy) is 2. The van der Waals surface area contributed by atoms with Crippen molar-refractivity contribution in [1.29, 1.82) is 0 Å². The van der Waals surface area contributed by atoms with Crippen LogP contribution >= 0.6 is 79.6 Å². The lowest BCUT2D eigenvalue weighted by Crippen LogP contribution is -2.06. The molecular formula is C12H7Br5O4. The molecule has 0 radical (unpaired) electrons. The van der Waals surface area contributed by atoms with Crippen LogP contribution in [0.15, 0.2) is 42.1 Å². The van der Waals surface area contributed by atoms with Gasteiger partial charge in [-0.1, -0.05) is 47.8 Å². The smallest absolute Gasteiger partial charge is 0.341 e. The van der Waals surface area contributed by atoms with Gasteiger partial charge >= 0.3 is 11.9 Å². The highest BCUT2D eigenvalue weighted by Crippen LogP contribution is 2.35. The summed E-state index contributed by atoms with van der Waals surface area (Å²) in [5, 5.41) is 0. The summed E-state index contributed by atoms with van der Waals surface area (Å²) in [5.41, 5.74) is 0.612. The van der Waals surface area contributed by atoms with Gasteiger partial charge in [-0.25, -0.2) is 9.59 Å². The zero-order valence-corrected chi connectivity index (χ0v) is 18.3. The number of hydrogen-bond donors (Lipinski definition) is 0. The third-order valence-electron chi connectivity index (χ3n) is 2.16. The van der Waals surface area contributed by atoms with Gasteiger partial charge in [0.15, 0.2) is 11.5 Å². The lowest BCUT2D eigenvalue weighted by Gasteiger charge is -1.98. The Bertz CT molecular complexity index is 586. The molecule has 0 bridgehead atoms. The average molecular weight is 615 g/mol. The van der Waals surface area contributed by atoms with Gasteiger partial charge < -0.3 is 9.47 Å². The number of rotatable bonds is 1. The molecule has 4 nitrogen and oxygen atoms in total. The zero-order chi connectivity index (χ0) is 16.2. The third kappa shape index (κ3) is 5.16. The normalized spacial score (nSPS) is 22.9. The molecule has 2 rings (SSSR count). The van der Waals surface area contributed by atoms with Gasteiger partial charge in [-0.05, 0) is 38.8 Å². The molecule has 1 unspecified atom stereocenters. The number of esters is 2. The molecule has 0 fully saturated rings. The molecule has 0 spiro atoms. The van der Waals surface area contributed by atoms with E-state index >= 15 is 0 Å². The molecule has 0 aromatic carbocycles. The van der Waals surface area contributed by atoms with Crippen molar-refractivity contribution >= 4 is 91.6 Å². The summed E-state index contributed by atoms with van der Waals surface area (Å²) in [7, 11) is 0. The van der Waals surface area contributed by atoms with Crippen molar-refractivity contribution in [2.75, 3.05) is 0 Å². The molecule has 21 heavy (non-hydrogen) atoms.